The standard InChI is InChI=1S/C18H29NSSi/c1-13(2)21(14(3)4,15(5)6)20-17-8-9-18-16(12-17)10-11-19(18)7/h8-15H,1-7H3. The largest absolute Gasteiger partial charge is 0.351 e. The molecule has 2 rings (SSSR count). The van der Waals surface area contributed by atoms with Crippen molar-refractivity contribution in [3.63, 3.8) is 0 Å². The normalized spacial score (nSPS) is 13.0. The molecule has 116 valence electrons. The van der Waals surface area contributed by atoms with E-state index < -0.39 is 7.22 Å². The Morgan fingerprint density at radius 1 is 0.905 bits per heavy atom. The number of aromatic nitrogens is 1. The summed E-state index contributed by atoms with van der Waals surface area (Å²) < 4.78 is 2.20. The van der Waals surface area contributed by atoms with Crippen molar-refractivity contribution in [1.82, 2.24) is 4.57 Å². The van der Waals surface area contributed by atoms with Crippen LogP contribution in [0.5, 0.6) is 0 Å². The maximum atomic E-state index is 2.43. The smallest absolute Gasteiger partial charge is 0.131 e. The number of hydrogen-bond donors (Lipinski definition) is 0. The van der Waals surface area contributed by atoms with Crippen LogP contribution in [0.1, 0.15) is 41.5 Å². The maximum absolute atomic E-state index is 2.43. The number of nitrogens with zero attached hydrogens (tertiary/aromatic N) is 1. The Bertz CT molecular complexity index is 591. The van der Waals surface area contributed by atoms with Crippen LogP contribution < -0.4 is 0 Å². The summed E-state index contributed by atoms with van der Waals surface area (Å²) in [5.41, 5.74) is 3.68. The second kappa shape index (κ2) is 6.21. The van der Waals surface area contributed by atoms with Gasteiger partial charge in [-0.1, -0.05) is 41.5 Å². The first-order valence-corrected chi connectivity index (χ1v) is 11.8. The quantitative estimate of drug-likeness (QED) is 0.574. The Kier molecular flexibility index (Phi) is 4.94. The number of rotatable bonds is 5. The van der Waals surface area contributed by atoms with Gasteiger partial charge in [-0.25, -0.2) is 0 Å². The Balaban J connectivity index is 2.43. The monoisotopic (exact) mass is 319 g/mol. The summed E-state index contributed by atoms with van der Waals surface area (Å²) in [4.78, 5) is 1.46. The minimum absolute atomic E-state index is 0.786. The van der Waals surface area contributed by atoms with E-state index in [2.05, 4.69) is 94.8 Å². The fourth-order valence-electron chi connectivity index (χ4n) is 3.88. The Labute approximate surface area is 134 Å². The molecule has 0 amide bonds. The van der Waals surface area contributed by atoms with Crippen molar-refractivity contribution in [1.29, 1.82) is 0 Å². The molecule has 0 unspecified atom stereocenters. The molecule has 0 saturated heterocycles. The Hall–Kier alpha value is -0.673. The third kappa shape index (κ3) is 2.95. The molecule has 0 aliphatic carbocycles. The van der Waals surface area contributed by atoms with Crippen LogP contribution in [0, 0.1) is 0 Å². The first kappa shape index (κ1) is 16.7. The lowest BCUT2D eigenvalue weighted by Crippen LogP contribution is -2.40. The summed E-state index contributed by atoms with van der Waals surface area (Å²) in [5.74, 6) is 0. The molecule has 1 aromatic heterocycles. The van der Waals surface area contributed by atoms with E-state index >= 15 is 0 Å². The zero-order chi connectivity index (χ0) is 15.8. The average molecular weight is 320 g/mol. The summed E-state index contributed by atoms with van der Waals surface area (Å²) in [6.07, 6.45) is 2.15. The van der Waals surface area contributed by atoms with Gasteiger partial charge in [-0.05, 0) is 40.9 Å². The van der Waals surface area contributed by atoms with E-state index in [0.717, 1.165) is 16.6 Å². The van der Waals surface area contributed by atoms with Gasteiger partial charge in [0, 0.05) is 29.0 Å². The molecule has 0 saturated carbocycles. The van der Waals surface area contributed by atoms with Crippen molar-refractivity contribution in [2.75, 3.05) is 0 Å². The second-order valence-electron chi connectivity index (χ2n) is 7.07. The van der Waals surface area contributed by atoms with Gasteiger partial charge in [-0.2, -0.15) is 11.2 Å². The molecule has 0 fully saturated rings. The van der Waals surface area contributed by atoms with Crippen molar-refractivity contribution in [3.05, 3.63) is 30.5 Å². The van der Waals surface area contributed by atoms with Crippen LogP contribution in [-0.4, -0.2) is 11.8 Å². The van der Waals surface area contributed by atoms with Crippen LogP contribution in [0.15, 0.2) is 35.4 Å². The highest BCUT2D eigenvalue weighted by atomic mass is 32.4. The van der Waals surface area contributed by atoms with Gasteiger partial charge in [0.2, 0.25) is 0 Å². The van der Waals surface area contributed by atoms with Gasteiger partial charge < -0.3 is 4.57 Å². The molecule has 0 N–H and O–H groups in total. The molecule has 1 nitrogen and oxygen atoms in total. The first-order chi connectivity index (χ1) is 9.79. The molecular formula is C18H29NSSi. The molecule has 3 heteroatoms. The van der Waals surface area contributed by atoms with Crippen molar-refractivity contribution in [3.8, 4) is 0 Å². The van der Waals surface area contributed by atoms with Crippen molar-refractivity contribution < 1.29 is 0 Å². The molecule has 0 radical (unpaired) electrons. The lowest BCUT2D eigenvalue weighted by Gasteiger charge is -2.42. The van der Waals surface area contributed by atoms with Gasteiger partial charge in [0.25, 0.3) is 0 Å². The third-order valence-corrected chi connectivity index (χ3v) is 17.1. The van der Waals surface area contributed by atoms with Gasteiger partial charge in [0.15, 0.2) is 0 Å². The van der Waals surface area contributed by atoms with Crippen LogP contribution in [-0.2, 0) is 7.05 Å². The summed E-state index contributed by atoms with van der Waals surface area (Å²) in [6, 6.07) is 9.21. The summed E-state index contributed by atoms with van der Waals surface area (Å²) in [5, 5.41) is 1.36. The van der Waals surface area contributed by atoms with Gasteiger partial charge in [-0.15, -0.1) is 0 Å². The van der Waals surface area contributed by atoms with E-state index in [9.17, 15) is 0 Å². The minimum atomic E-state index is -1.44. The minimum Gasteiger partial charge on any atom is -0.351 e. The van der Waals surface area contributed by atoms with Gasteiger partial charge in [0.1, 0.15) is 7.22 Å². The van der Waals surface area contributed by atoms with E-state index in [1.165, 1.54) is 15.8 Å². The Morgan fingerprint density at radius 2 is 1.48 bits per heavy atom. The predicted molar refractivity (Wildman–Crippen MR) is 99.8 cm³/mol. The van der Waals surface area contributed by atoms with Crippen LogP contribution in [0.2, 0.25) is 16.6 Å². The molecule has 1 aromatic carbocycles. The molecule has 0 bridgehead atoms. The van der Waals surface area contributed by atoms with E-state index in [0.29, 0.717) is 0 Å². The Morgan fingerprint density at radius 3 is 2.00 bits per heavy atom. The zero-order valence-electron chi connectivity index (χ0n) is 14.5. The number of fused-ring (bicyclic) bond motifs is 1. The fourth-order valence-corrected chi connectivity index (χ4v) is 13.0. The molecule has 21 heavy (non-hydrogen) atoms. The van der Waals surface area contributed by atoms with Crippen LogP contribution >= 0.6 is 11.2 Å². The number of hydrogen-bond acceptors (Lipinski definition) is 1. The number of aryl methyl sites for hydroxylation is 1. The lowest BCUT2D eigenvalue weighted by molar-refractivity contribution is 0.851. The van der Waals surface area contributed by atoms with Gasteiger partial charge in [-0.3, -0.25) is 0 Å². The van der Waals surface area contributed by atoms with Crippen LogP contribution in [0.25, 0.3) is 10.9 Å². The molecular weight excluding hydrogens is 290 g/mol. The molecule has 0 atom stereocenters. The lowest BCUT2D eigenvalue weighted by atomic mass is 10.2. The van der Waals surface area contributed by atoms with Crippen molar-refractivity contribution in [2.24, 2.45) is 7.05 Å². The van der Waals surface area contributed by atoms with Gasteiger partial charge >= 0.3 is 0 Å². The summed E-state index contributed by atoms with van der Waals surface area (Å²) in [7, 11) is 0.677. The molecule has 0 aliphatic rings. The molecule has 0 aliphatic heterocycles. The molecule has 0 spiro atoms. The zero-order valence-corrected chi connectivity index (χ0v) is 16.3. The van der Waals surface area contributed by atoms with Gasteiger partial charge in [0.05, 0.1) is 0 Å². The van der Waals surface area contributed by atoms with Crippen molar-refractivity contribution >= 4 is 29.3 Å². The topological polar surface area (TPSA) is 4.93 Å². The molecule has 1 heterocycles. The highest BCUT2D eigenvalue weighted by molar-refractivity contribution is 8.29. The van der Waals surface area contributed by atoms with E-state index in [1.54, 1.807) is 0 Å². The summed E-state index contributed by atoms with van der Waals surface area (Å²) in [6.45, 7) is 14.6. The van der Waals surface area contributed by atoms with E-state index in [-0.39, 0.29) is 0 Å². The average Bonchev–Trinajstić information content (AvgIpc) is 2.76. The SMILES string of the molecule is CC(C)[Si](Sc1ccc2c(ccn2C)c1)(C(C)C)C(C)C. The van der Waals surface area contributed by atoms with E-state index in [4.69, 9.17) is 0 Å². The maximum Gasteiger partial charge on any atom is 0.131 e. The molecule has 2 aromatic rings. The van der Waals surface area contributed by atoms with Crippen molar-refractivity contribution in [2.45, 2.75) is 63.1 Å². The highest BCUT2D eigenvalue weighted by Crippen LogP contribution is 2.52. The summed E-state index contributed by atoms with van der Waals surface area (Å²) >= 11 is 2.21. The fraction of sp³-hybridized carbons (Fsp3) is 0.556. The number of benzene rings is 1. The highest BCUT2D eigenvalue weighted by Gasteiger charge is 2.44. The van der Waals surface area contributed by atoms with E-state index in [1.807, 2.05) is 0 Å². The second-order valence-corrected chi connectivity index (χ2v) is 15.6. The predicted octanol–water partition coefficient (Wildman–Crippen LogP) is 6.45. The first-order valence-electron chi connectivity index (χ1n) is 8.03. The third-order valence-electron chi connectivity index (χ3n) is 4.86. The van der Waals surface area contributed by atoms with Crippen LogP contribution in [0.4, 0.5) is 0 Å². The van der Waals surface area contributed by atoms with Crippen LogP contribution in [0.3, 0.4) is 0 Å².